The molecule has 0 aliphatic heterocycles. The zero-order valence-electron chi connectivity index (χ0n) is 8.77. The summed E-state index contributed by atoms with van der Waals surface area (Å²) in [7, 11) is 2.05. The van der Waals surface area contributed by atoms with Gasteiger partial charge in [-0.1, -0.05) is 6.08 Å². The molecule has 5 heteroatoms. The molecule has 2 rings (SSSR count). The number of aryl methyl sites for hydroxylation is 1. The van der Waals surface area contributed by atoms with Crippen molar-refractivity contribution in [2.75, 3.05) is 5.73 Å². The minimum Gasteiger partial charge on any atom is -0.383 e. The van der Waals surface area contributed by atoms with E-state index in [9.17, 15) is 0 Å². The maximum atomic E-state index is 5.78. The Morgan fingerprint density at radius 2 is 2.33 bits per heavy atom. The van der Waals surface area contributed by atoms with Gasteiger partial charge in [0.05, 0.1) is 5.39 Å². The number of anilines is 1. The highest BCUT2D eigenvalue weighted by molar-refractivity contribution is 6.32. The van der Waals surface area contributed by atoms with Crippen LogP contribution in [0.1, 0.15) is 6.42 Å². The monoisotopic (exact) mass is 200 g/mol. The second-order valence-corrected chi connectivity index (χ2v) is 3.51. The summed E-state index contributed by atoms with van der Waals surface area (Å²) in [6.45, 7) is 4.60. The Balaban J connectivity index is 2.57. The maximum Gasteiger partial charge on any atom is 0.161 e. The smallest absolute Gasteiger partial charge is 0.161 e. The van der Waals surface area contributed by atoms with Crippen LogP contribution in [0.3, 0.4) is 0 Å². The molecule has 0 atom stereocenters. The summed E-state index contributed by atoms with van der Waals surface area (Å²) in [4.78, 5) is 8.23. The van der Waals surface area contributed by atoms with Crippen LogP contribution in [0.25, 0.3) is 11.0 Å². The lowest BCUT2D eigenvalue weighted by Crippen LogP contribution is -2.16. The highest BCUT2D eigenvalue weighted by Crippen LogP contribution is 2.15. The number of nitrogen functional groups attached to an aromatic ring is 1. The summed E-state index contributed by atoms with van der Waals surface area (Å²) in [6, 6.07) is 2.02. The van der Waals surface area contributed by atoms with E-state index in [1.165, 1.54) is 6.33 Å². The lowest BCUT2D eigenvalue weighted by Gasteiger charge is -2.05. The van der Waals surface area contributed by atoms with E-state index in [0.29, 0.717) is 5.82 Å². The number of hydrogen-bond donors (Lipinski definition) is 1. The number of allylic oxidation sites excluding steroid dienone is 1. The van der Waals surface area contributed by atoms with Crippen LogP contribution in [0.15, 0.2) is 25.0 Å². The molecule has 0 unspecified atom stereocenters. The molecule has 0 aromatic carbocycles. The highest BCUT2D eigenvalue weighted by Gasteiger charge is 2.08. The van der Waals surface area contributed by atoms with Gasteiger partial charge >= 0.3 is 0 Å². The Morgan fingerprint density at radius 3 is 3.07 bits per heavy atom. The molecule has 0 spiro atoms. The summed E-state index contributed by atoms with van der Waals surface area (Å²) in [5.74, 6) is 0.542. The Kier molecular flexibility index (Phi) is 2.45. The SMILES string of the molecule is Bc1cc2c(N)ncnc2n1CCC=C. The molecule has 2 N–H and O–H groups in total. The Labute approximate surface area is 89.2 Å². The van der Waals surface area contributed by atoms with Gasteiger partial charge in [0, 0.05) is 6.54 Å². The van der Waals surface area contributed by atoms with Crippen molar-refractivity contribution in [3.63, 3.8) is 0 Å². The van der Waals surface area contributed by atoms with Gasteiger partial charge in [0.15, 0.2) is 7.85 Å². The van der Waals surface area contributed by atoms with Gasteiger partial charge in [-0.3, -0.25) is 0 Å². The average molecular weight is 200 g/mol. The van der Waals surface area contributed by atoms with E-state index in [1.54, 1.807) is 0 Å². The first-order valence-corrected chi connectivity index (χ1v) is 4.91. The molecule has 0 saturated heterocycles. The van der Waals surface area contributed by atoms with Crippen LogP contribution < -0.4 is 11.3 Å². The molecule has 0 saturated carbocycles. The lowest BCUT2D eigenvalue weighted by atomic mass is 10.1. The van der Waals surface area contributed by atoms with E-state index in [-0.39, 0.29) is 0 Å². The fourth-order valence-electron chi connectivity index (χ4n) is 1.71. The summed E-state index contributed by atoms with van der Waals surface area (Å²) >= 11 is 0. The normalized spacial score (nSPS) is 10.7. The van der Waals surface area contributed by atoms with Crippen molar-refractivity contribution in [1.29, 1.82) is 0 Å². The molecule has 4 nitrogen and oxygen atoms in total. The van der Waals surface area contributed by atoms with Crippen LogP contribution in [0, 0.1) is 0 Å². The molecule has 0 amide bonds. The summed E-state index contributed by atoms with van der Waals surface area (Å²) in [6.07, 6.45) is 4.33. The number of nitrogens with zero attached hydrogens (tertiary/aromatic N) is 3. The molecule has 2 aromatic rings. The van der Waals surface area contributed by atoms with Gasteiger partial charge in [0.25, 0.3) is 0 Å². The number of rotatable bonds is 3. The minimum atomic E-state index is 0.542. The first kappa shape index (κ1) is 9.77. The standard InChI is InChI=1S/C10H13BN4/c1-2-3-4-15-8(11)5-7-9(12)13-6-14-10(7)15/h2,5-6H,1,3-4,11H2,(H2,12,13,14). The number of nitrogens with two attached hydrogens (primary N) is 1. The van der Waals surface area contributed by atoms with Crippen molar-refractivity contribution < 1.29 is 0 Å². The molecule has 76 valence electrons. The quantitative estimate of drug-likeness (QED) is 0.553. The first-order chi connectivity index (χ1) is 7.24. The average Bonchev–Trinajstić information content (AvgIpc) is 2.54. The van der Waals surface area contributed by atoms with Crippen molar-refractivity contribution in [1.82, 2.24) is 14.5 Å². The van der Waals surface area contributed by atoms with Gasteiger partial charge in [0.2, 0.25) is 0 Å². The summed E-state index contributed by atoms with van der Waals surface area (Å²) < 4.78 is 2.13. The zero-order chi connectivity index (χ0) is 10.8. The Hall–Kier alpha value is -1.78. The fraction of sp³-hybridized carbons (Fsp3) is 0.200. The molecule has 0 fully saturated rings. The van der Waals surface area contributed by atoms with E-state index in [1.807, 2.05) is 20.0 Å². The van der Waals surface area contributed by atoms with Crippen LogP contribution >= 0.6 is 0 Å². The van der Waals surface area contributed by atoms with Crippen molar-refractivity contribution in [3.05, 3.63) is 25.0 Å². The molecule has 2 aromatic heterocycles. The minimum absolute atomic E-state index is 0.542. The predicted octanol–water partition coefficient (Wildman–Crippen LogP) is -0.152. The van der Waals surface area contributed by atoms with Gasteiger partial charge in [-0.15, -0.1) is 6.58 Å². The van der Waals surface area contributed by atoms with Crippen molar-refractivity contribution in [2.45, 2.75) is 13.0 Å². The van der Waals surface area contributed by atoms with Crippen molar-refractivity contribution in [3.8, 4) is 0 Å². The number of hydrogen-bond acceptors (Lipinski definition) is 3. The van der Waals surface area contributed by atoms with Crippen molar-refractivity contribution in [2.24, 2.45) is 0 Å². The molecule has 15 heavy (non-hydrogen) atoms. The van der Waals surface area contributed by atoms with Crippen LogP contribution in [-0.2, 0) is 6.54 Å². The summed E-state index contributed by atoms with van der Waals surface area (Å²) in [5, 5.41) is 0.930. The van der Waals surface area contributed by atoms with Gasteiger partial charge < -0.3 is 10.3 Å². The third-order valence-corrected chi connectivity index (χ3v) is 2.49. The predicted molar refractivity (Wildman–Crippen MR) is 64.9 cm³/mol. The van der Waals surface area contributed by atoms with E-state index < -0.39 is 0 Å². The summed E-state index contributed by atoms with van der Waals surface area (Å²) in [5.41, 5.74) is 7.84. The second kappa shape index (κ2) is 3.77. The zero-order valence-corrected chi connectivity index (χ0v) is 8.77. The first-order valence-electron chi connectivity index (χ1n) is 4.91. The molecular weight excluding hydrogens is 187 g/mol. The topological polar surface area (TPSA) is 56.7 Å². The van der Waals surface area contributed by atoms with Crippen LogP contribution in [0.4, 0.5) is 5.82 Å². The van der Waals surface area contributed by atoms with Gasteiger partial charge in [-0.2, -0.15) is 0 Å². The van der Waals surface area contributed by atoms with Crippen LogP contribution in [0.2, 0.25) is 0 Å². The van der Waals surface area contributed by atoms with E-state index in [2.05, 4.69) is 21.1 Å². The van der Waals surface area contributed by atoms with Gasteiger partial charge in [0.1, 0.15) is 17.8 Å². The van der Waals surface area contributed by atoms with E-state index in [0.717, 1.165) is 29.6 Å². The van der Waals surface area contributed by atoms with E-state index >= 15 is 0 Å². The largest absolute Gasteiger partial charge is 0.383 e. The molecule has 0 aliphatic carbocycles. The van der Waals surface area contributed by atoms with Crippen molar-refractivity contribution >= 4 is 30.3 Å². The van der Waals surface area contributed by atoms with Crippen LogP contribution in [0.5, 0.6) is 0 Å². The third kappa shape index (κ3) is 1.60. The molecule has 0 radical (unpaired) electrons. The molecule has 2 heterocycles. The van der Waals surface area contributed by atoms with Gasteiger partial charge in [-0.25, -0.2) is 9.97 Å². The Morgan fingerprint density at radius 1 is 1.53 bits per heavy atom. The van der Waals surface area contributed by atoms with E-state index in [4.69, 9.17) is 5.73 Å². The number of aromatic nitrogens is 3. The molecule has 0 aliphatic rings. The fourth-order valence-corrected chi connectivity index (χ4v) is 1.71. The second-order valence-electron chi connectivity index (χ2n) is 3.51. The van der Waals surface area contributed by atoms with Crippen LogP contribution in [-0.4, -0.2) is 22.4 Å². The highest BCUT2D eigenvalue weighted by atomic mass is 15.1. The van der Waals surface area contributed by atoms with Gasteiger partial charge in [-0.05, 0) is 18.1 Å². The number of fused-ring (bicyclic) bond motifs is 1. The third-order valence-electron chi connectivity index (χ3n) is 2.49. The maximum absolute atomic E-state index is 5.78. The lowest BCUT2D eigenvalue weighted by molar-refractivity contribution is 0.748. The Bertz CT molecular complexity index is 503. The molecule has 0 bridgehead atoms. The molecular formula is C10H13BN4.